The fourth-order valence-electron chi connectivity index (χ4n) is 7.95. The molecule has 0 unspecified atom stereocenters. The van der Waals surface area contributed by atoms with Crippen molar-refractivity contribution >= 4 is 11.7 Å². The Bertz CT molecular complexity index is 674. The molecule has 0 aromatic carbocycles. The van der Waals surface area contributed by atoms with E-state index in [0.717, 1.165) is 25.7 Å². The molecular weight excluding hydrogens is 366 g/mol. The lowest BCUT2D eigenvalue weighted by Gasteiger charge is -2.61. The Morgan fingerprint density at radius 1 is 1.03 bits per heavy atom. The predicted molar refractivity (Wildman–Crippen MR) is 111 cm³/mol. The average molecular weight is 406 g/mol. The summed E-state index contributed by atoms with van der Waals surface area (Å²) in [5, 5.41) is 3.08. The van der Waals surface area contributed by atoms with Gasteiger partial charge in [-0.25, -0.2) is 0 Å². The molecule has 7 atom stereocenters. The minimum Gasteiger partial charge on any atom is -0.353 e. The van der Waals surface area contributed by atoms with E-state index in [4.69, 9.17) is 9.47 Å². The number of ether oxygens (including phenoxy) is 2. The van der Waals surface area contributed by atoms with E-state index >= 15 is 0 Å². The smallest absolute Gasteiger partial charge is 0.220 e. The number of nitrogens with one attached hydrogen (secondary N) is 1. The number of carbonyl (C=O) groups is 2. The first-order valence-electron chi connectivity index (χ1n) is 11.7. The van der Waals surface area contributed by atoms with Crippen LogP contribution in [0.4, 0.5) is 0 Å². The number of Topliss-reactive ketones (excluding diaryl/α,β-unsaturated/α-hetero) is 1. The monoisotopic (exact) mass is 405 g/mol. The summed E-state index contributed by atoms with van der Waals surface area (Å²) < 4.78 is 11.6. The first kappa shape index (κ1) is 21.3. The number of carbonyl (C=O) groups excluding carboxylic acids is 2. The van der Waals surface area contributed by atoms with Crippen LogP contribution in [0.3, 0.4) is 0 Å². The molecule has 0 heterocycles. The third kappa shape index (κ3) is 3.10. The molecule has 4 aliphatic carbocycles. The topological polar surface area (TPSA) is 64.6 Å². The Morgan fingerprint density at radius 3 is 2.41 bits per heavy atom. The van der Waals surface area contributed by atoms with Crippen molar-refractivity contribution in [2.45, 2.75) is 90.4 Å². The van der Waals surface area contributed by atoms with Crippen LogP contribution in [0.2, 0.25) is 0 Å². The standard InChI is InChI=1S/C24H39NO4/c1-6-20(27)25-21-19(26)13-18-16-8-7-15-14-24(28-4,29-5)12-11-22(15,2)17(16)9-10-23(18,21)3/h15-18,21H,6-14H2,1-5H3,(H,25,27)/t15-,16+,17-,18-,21-,22-,23-/m0/s1. The molecule has 164 valence electrons. The Kier molecular flexibility index (Phi) is 5.39. The van der Waals surface area contributed by atoms with E-state index in [-0.39, 0.29) is 23.1 Å². The second kappa shape index (κ2) is 7.33. The first-order chi connectivity index (χ1) is 13.7. The van der Waals surface area contributed by atoms with Gasteiger partial charge in [-0.15, -0.1) is 0 Å². The van der Waals surface area contributed by atoms with Gasteiger partial charge in [0.1, 0.15) is 0 Å². The third-order valence-corrected chi connectivity index (χ3v) is 9.88. The summed E-state index contributed by atoms with van der Waals surface area (Å²) in [6, 6.07) is -0.285. The SMILES string of the molecule is CCC(=O)N[C@H]1C(=O)C[C@H]2[C@@H]3CC[C@H]4CC(OC)(OC)CC[C@]4(C)[C@H]3CC[C@]12C. The number of rotatable bonds is 4. The van der Waals surface area contributed by atoms with E-state index in [0.29, 0.717) is 41.9 Å². The number of methoxy groups -OCH3 is 2. The van der Waals surface area contributed by atoms with Crippen LogP contribution in [-0.4, -0.2) is 37.7 Å². The molecule has 4 rings (SSSR count). The van der Waals surface area contributed by atoms with Gasteiger partial charge in [0.2, 0.25) is 5.91 Å². The van der Waals surface area contributed by atoms with Crippen LogP contribution in [0.1, 0.15) is 78.6 Å². The number of hydrogen-bond acceptors (Lipinski definition) is 4. The number of hydrogen-bond donors (Lipinski definition) is 1. The van der Waals surface area contributed by atoms with Crippen molar-refractivity contribution in [3.63, 3.8) is 0 Å². The van der Waals surface area contributed by atoms with Gasteiger partial charge in [0.05, 0.1) is 6.04 Å². The van der Waals surface area contributed by atoms with Crippen molar-refractivity contribution in [3.8, 4) is 0 Å². The molecule has 1 amide bonds. The van der Waals surface area contributed by atoms with Gasteiger partial charge in [0.15, 0.2) is 11.6 Å². The van der Waals surface area contributed by atoms with Crippen LogP contribution in [0, 0.1) is 34.5 Å². The lowest BCUT2D eigenvalue weighted by molar-refractivity contribution is -0.261. The zero-order valence-electron chi connectivity index (χ0n) is 18.9. The molecule has 0 aromatic heterocycles. The van der Waals surface area contributed by atoms with Gasteiger partial charge in [0, 0.05) is 39.9 Å². The summed E-state index contributed by atoms with van der Waals surface area (Å²) >= 11 is 0. The lowest BCUT2D eigenvalue weighted by atomic mass is 9.44. The van der Waals surface area contributed by atoms with E-state index in [2.05, 4.69) is 19.2 Å². The van der Waals surface area contributed by atoms with Crippen LogP contribution in [-0.2, 0) is 19.1 Å². The Balaban J connectivity index is 1.57. The molecule has 4 aliphatic rings. The Hall–Kier alpha value is -0.940. The molecule has 0 spiro atoms. The van der Waals surface area contributed by atoms with Crippen molar-refractivity contribution in [2.24, 2.45) is 34.5 Å². The highest BCUT2D eigenvalue weighted by atomic mass is 16.7. The van der Waals surface area contributed by atoms with Gasteiger partial charge in [-0.3, -0.25) is 9.59 Å². The Labute approximate surface area is 175 Å². The first-order valence-corrected chi connectivity index (χ1v) is 11.7. The van der Waals surface area contributed by atoms with Crippen molar-refractivity contribution < 1.29 is 19.1 Å². The molecule has 29 heavy (non-hydrogen) atoms. The zero-order valence-corrected chi connectivity index (χ0v) is 18.9. The van der Waals surface area contributed by atoms with E-state index in [9.17, 15) is 9.59 Å². The lowest BCUT2D eigenvalue weighted by Crippen LogP contribution is -2.58. The highest BCUT2D eigenvalue weighted by Gasteiger charge is 2.63. The molecule has 1 N–H and O–H groups in total. The predicted octanol–water partition coefficient (Wildman–Crippen LogP) is 4.09. The van der Waals surface area contributed by atoms with Crippen molar-refractivity contribution in [1.29, 1.82) is 0 Å². The van der Waals surface area contributed by atoms with Crippen LogP contribution in [0.25, 0.3) is 0 Å². The summed E-state index contributed by atoms with van der Waals surface area (Å²) in [4.78, 5) is 25.0. The van der Waals surface area contributed by atoms with Crippen molar-refractivity contribution in [2.75, 3.05) is 14.2 Å². The van der Waals surface area contributed by atoms with Crippen molar-refractivity contribution in [3.05, 3.63) is 0 Å². The van der Waals surface area contributed by atoms with Gasteiger partial charge in [-0.05, 0) is 66.6 Å². The molecule has 5 heteroatoms. The summed E-state index contributed by atoms with van der Waals surface area (Å²) in [6.45, 7) is 6.63. The van der Waals surface area contributed by atoms with Crippen molar-refractivity contribution in [1.82, 2.24) is 5.32 Å². The average Bonchev–Trinajstić information content (AvgIpc) is 2.98. The van der Waals surface area contributed by atoms with E-state index in [1.165, 1.54) is 19.3 Å². The summed E-state index contributed by atoms with van der Waals surface area (Å²) in [6.07, 6.45) is 8.75. The summed E-state index contributed by atoms with van der Waals surface area (Å²) in [5.74, 6) is 2.14. The van der Waals surface area contributed by atoms with E-state index < -0.39 is 5.79 Å². The van der Waals surface area contributed by atoms with E-state index in [1.807, 2.05) is 6.92 Å². The van der Waals surface area contributed by atoms with Gasteiger partial charge >= 0.3 is 0 Å². The third-order valence-electron chi connectivity index (χ3n) is 9.88. The quantitative estimate of drug-likeness (QED) is 0.716. The molecule has 0 saturated heterocycles. The summed E-state index contributed by atoms with van der Waals surface area (Å²) in [5.41, 5.74) is 0.225. The van der Waals surface area contributed by atoms with Crippen LogP contribution in [0.15, 0.2) is 0 Å². The largest absolute Gasteiger partial charge is 0.353 e. The fraction of sp³-hybridized carbons (Fsp3) is 0.917. The zero-order chi connectivity index (χ0) is 21.0. The molecule has 0 aliphatic heterocycles. The minimum atomic E-state index is -0.418. The highest BCUT2D eigenvalue weighted by molar-refractivity contribution is 5.92. The maximum atomic E-state index is 12.9. The van der Waals surface area contributed by atoms with Gasteiger partial charge < -0.3 is 14.8 Å². The van der Waals surface area contributed by atoms with Gasteiger partial charge in [0.25, 0.3) is 0 Å². The number of ketones is 1. The normalized spacial score (nSPS) is 45.8. The minimum absolute atomic E-state index is 0.00534. The fourth-order valence-corrected chi connectivity index (χ4v) is 7.95. The molecule has 0 radical (unpaired) electrons. The second-order valence-electron chi connectivity index (χ2n) is 10.7. The number of amides is 1. The molecular formula is C24H39NO4. The molecule has 0 aromatic rings. The highest BCUT2D eigenvalue weighted by Crippen LogP contribution is 2.66. The van der Waals surface area contributed by atoms with Gasteiger partial charge in [-0.1, -0.05) is 20.8 Å². The molecule has 4 saturated carbocycles. The van der Waals surface area contributed by atoms with Gasteiger partial charge in [-0.2, -0.15) is 0 Å². The summed E-state index contributed by atoms with van der Waals surface area (Å²) in [7, 11) is 3.55. The maximum absolute atomic E-state index is 12.9. The second-order valence-corrected chi connectivity index (χ2v) is 10.7. The maximum Gasteiger partial charge on any atom is 0.220 e. The van der Waals surface area contributed by atoms with Crippen LogP contribution in [0.5, 0.6) is 0 Å². The number of fused-ring (bicyclic) bond motifs is 5. The van der Waals surface area contributed by atoms with Crippen LogP contribution >= 0.6 is 0 Å². The molecule has 5 nitrogen and oxygen atoms in total. The molecule has 0 bridgehead atoms. The van der Waals surface area contributed by atoms with Crippen LogP contribution < -0.4 is 5.32 Å². The molecule has 4 fully saturated rings. The Morgan fingerprint density at radius 2 is 1.76 bits per heavy atom. The van der Waals surface area contributed by atoms with E-state index in [1.54, 1.807) is 14.2 Å².